The number of nitrogens with zero attached hydrogens (tertiary/aromatic N) is 3. The number of benzene rings is 1. The summed E-state index contributed by atoms with van der Waals surface area (Å²) in [4.78, 5) is 37.0. The Morgan fingerprint density at radius 2 is 2.03 bits per heavy atom. The fourth-order valence-corrected chi connectivity index (χ4v) is 5.44. The Hall–Kier alpha value is -3.30. The van der Waals surface area contributed by atoms with Gasteiger partial charge in [0.25, 0.3) is 5.56 Å². The van der Waals surface area contributed by atoms with E-state index in [0.29, 0.717) is 40.5 Å². The van der Waals surface area contributed by atoms with Crippen molar-refractivity contribution in [2.24, 2.45) is 0 Å². The molecule has 182 valence electrons. The zero-order valence-electron chi connectivity index (χ0n) is 20.3. The molecule has 5 rings (SSSR count). The van der Waals surface area contributed by atoms with Crippen molar-refractivity contribution in [1.29, 1.82) is 0 Å². The molecule has 0 bridgehead atoms. The second-order valence-corrected chi connectivity index (χ2v) is 10.4. The van der Waals surface area contributed by atoms with E-state index in [9.17, 15) is 9.59 Å². The number of carbonyl (C=O) groups is 1. The van der Waals surface area contributed by atoms with Crippen LogP contribution in [0.25, 0.3) is 20.4 Å². The smallest absolute Gasteiger partial charge is 0.272 e. The molecule has 0 atom stereocenters. The Labute approximate surface area is 206 Å². The number of amides is 1. The molecule has 0 fully saturated rings. The fraction of sp³-hybridized carbons (Fsp3) is 0.385. The number of pyridine rings is 1. The number of hydrogen-bond acceptors (Lipinski definition) is 7. The van der Waals surface area contributed by atoms with Gasteiger partial charge >= 0.3 is 0 Å². The summed E-state index contributed by atoms with van der Waals surface area (Å²) in [6.45, 7) is 6.53. The van der Waals surface area contributed by atoms with Crippen LogP contribution in [0, 0.1) is 0 Å². The molecular weight excluding hydrogens is 464 g/mol. The van der Waals surface area contributed by atoms with Gasteiger partial charge in [-0.25, -0.2) is 9.97 Å². The first kappa shape index (κ1) is 23.4. The van der Waals surface area contributed by atoms with Crippen molar-refractivity contribution in [1.82, 2.24) is 14.5 Å². The maximum Gasteiger partial charge on any atom is 0.272 e. The first-order valence-corrected chi connectivity index (χ1v) is 12.5. The topological polar surface area (TPSA) is 95.3 Å². The summed E-state index contributed by atoms with van der Waals surface area (Å²) in [7, 11) is 1.59. The van der Waals surface area contributed by atoms with Crippen LogP contribution in [0.5, 0.6) is 5.75 Å². The quantitative estimate of drug-likeness (QED) is 0.427. The number of methoxy groups -OCH3 is 1. The van der Waals surface area contributed by atoms with E-state index in [1.54, 1.807) is 31.4 Å². The largest absolute Gasteiger partial charge is 0.497 e. The van der Waals surface area contributed by atoms with Crippen LogP contribution >= 0.6 is 11.3 Å². The Bertz CT molecular complexity index is 1490. The van der Waals surface area contributed by atoms with Gasteiger partial charge in [0.1, 0.15) is 27.6 Å². The minimum Gasteiger partial charge on any atom is -0.497 e. The van der Waals surface area contributed by atoms with Crippen LogP contribution < -0.4 is 15.6 Å². The third-order valence-electron chi connectivity index (χ3n) is 6.18. The lowest BCUT2D eigenvalue weighted by atomic mass is 9.95. The van der Waals surface area contributed by atoms with E-state index in [-0.39, 0.29) is 23.6 Å². The Morgan fingerprint density at radius 1 is 1.26 bits per heavy atom. The number of anilines is 1. The molecule has 4 heterocycles. The molecule has 1 aromatic carbocycles. The number of fused-ring (bicyclic) bond motifs is 4. The Kier molecular flexibility index (Phi) is 6.06. The molecule has 1 aliphatic heterocycles. The first-order valence-electron chi connectivity index (χ1n) is 11.7. The van der Waals surface area contributed by atoms with Crippen LogP contribution in [-0.4, -0.2) is 33.2 Å². The zero-order valence-corrected chi connectivity index (χ0v) is 21.1. The predicted molar refractivity (Wildman–Crippen MR) is 137 cm³/mol. The highest BCUT2D eigenvalue weighted by atomic mass is 32.1. The molecule has 1 amide bonds. The van der Waals surface area contributed by atoms with Crippen molar-refractivity contribution in [2.45, 2.75) is 58.8 Å². The molecule has 1 aliphatic rings. The second-order valence-electron chi connectivity index (χ2n) is 9.40. The molecule has 4 aromatic rings. The highest BCUT2D eigenvalue weighted by Gasteiger charge is 2.28. The number of thiophene rings is 1. The third kappa shape index (κ3) is 4.53. The van der Waals surface area contributed by atoms with Crippen LogP contribution in [0.1, 0.15) is 44.3 Å². The zero-order chi connectivity index (χ0) is 24.7. The molecule has 3 aromatic heterocycles. The summed E-state index contributed by atoms with van der Waals surface area (Å²) < 4.78 is 13.1. The van der Waals surface area contributed by atoms with E-state index in [2.05, 4.69) is 25.2 Å². The number of hydrogen-bond donors (Lipinski definition) is 1. The normalized spacial score (nSPS) is 14.7. The molecule has 1 N–H and O–H groups in total. The van der Waals surface area contributed by atoms with E-state index < -0.39 is 0 Å². The van der Waals surface area contributed by atoms with Crippen LogP contribution in [-0.2, 0) is 35.5 Å². The van der Waals surface area contributed by atoms with Crippen molar-refractivity contribution in [3.63, 3.8) is 0 Å². The summed E-state index contributed by atoms with van der Waals surface area (Å²) in [6, 6.07) is 9.13. The number of aromatic nitrogens is 3. The van der Waals surface area contributed by atoms with Crippen LogP contribution in [0.15, 0.2) is 35.1 Å². The number of nitrogens with one attached hydrogen (secondary N) is 1. The molecule has 35 heavy (non-hydrogen) atoms. The van der Waals surface area contributed by atoms with Crippen molar-refractivity contribution in [2.75, 3.05) is 12.4 Å². The summed E-state index contributed by atoms with van der Waals surface area (Å²) in [5.74, 6) is 1.02. The lowest BCUT2D eigenvalue weighted by Crippen LogP contribution is -2.32. The van der Waals surface area contributed by atoms with Gasteiger partial charge in [-0.1, -0.05) is 6.92 Å². The van der Waals surface area contributed by atoms with Gasteiger partial charge in [-0.15, -0.1) is 11.3 Å². The highest BCUT2D eigenvalue weighted by molar-refractivity contribution is 7.25. The van der Waals surface area contributed by atoms with Gasteiger partial charge in [0.2, 0.25) is 5.91 Å². The lowest BCUT2D eigenvalue weighted by Gasteiger charge is -2.30. The van der Waals surface area contributed by atoms with E-state index in [4.69, 9.17) is 19.4 Å². The summed E-state index contributed by atoms with van der Waals surface area (Å²) in [5, 5.41) is 3.72. The van der Waals surface area contributed by atoms with E-state index >= 15 is 0 Å². The van der Waals surface area contributed by atoms with Gasteiger partial charge < -0.3 is 14.8 Å². The molecule has 9 heteroatoms. The van der Waals surface area contributed by atoms with Crippen molar-refractivity contribution in [3.8, 4) is 5.75 Å². The molecule has 0 radical (unpaired) electrons. The van der Waals surface area contributed by atoms with Crippen molar-refractivity contribution in [3.05, 3.63) is 57.8 Å². The van der Waals surface area contributed by atoms with Crippen LogP contribution in [0.3, 0.4) is 0 Å². The van der Waals surface area contributed by atoms with Crippen LogP contribution in [0.4, 0.5) is 5.69 Å². The number of rotatable bonds is 6. The molecular formula is C26H28N4O4S. The van der Waals surface area contributed by atoms with Gasteiger partial charge in [0, 0.05) is 29.5 Å². The molecule has 0 saturated heterocycles. The fourth-order valence-electron chi connectivity index (χ4n) is 4.38. The molecule has 0 saturated carbocycles. The second kappa shape index (κ2) is 9.05. The van der Waals surface area contributed by atoms with Gasteiger partial charge in [0.05, 0.1) is 30.5 Å². The van der Waals surface area contributed by atoms with E-state index in [1.165, 1.54) is 15.9 Å². The molecule has 0 unspecified atom stereocenters. The monoisotopic (exact) mass is 492 g/mol. The SMILES string of the molecule is CCCc1nc2c(sc3nc4c(cc32)COC(C)(C)C4)c(=O)n1CC(=O)Nc1ccc(OC)cc1. The Balaban J connectivity index is 1.53. The van der Waals surface area contributed by atoms with Gasteiger partial charge in [-0.3, -0.25) is 14.2 Å². The maximum atomic E-state index is 13.6. The van der Waals surface area contributed by atoms with Gasteiger partial charge in [0.15, 0.2) is 0 Å². The van der Waals surface area contributed by atoms with Gasteiger partial charge in [-0.2, -0.15) is 0 Å². The van der Waals surface area contributed by atoms with E-state index in [1.807, 2.05) is 6.92 Å². The highest BCUT2D eigenvalue weighted by Crippen LogP contribution is 2.35. The van der Waals surface area contributed by atoms with E-state index in [0.717, 1.165) is 34.3 Å². The third-order valence-corrected chi connectivity index (χ3v) is 7.25. The minimum absolute atomic E-state index is 0.108. The van der Waals surface area contributed by atoms with Crippen LogP contribution in [0.2, 0.25) is 0 Å². The standard InChI is InChI=1S/C26H28N4O4S/c1-5-6-20-29-22-18-11-15-14-34-26(2,3)12-19(15)28-24(18)35-23(22)25(32)30(20)13-21(31)27-16-7-9-17(33-4)10-8-16/h7-11H,5-6,12-14H2,1-4H3,(H,27,31). The van der Waals surface area contributed by atoms with Crippen molar-refractivity contribution >= 4 is 43.4 Å². The first-order chi connectivity index (χ1) is 16.8. The molecule has 0 aliphatic carbocycles. The summed E-state index contributed by atoms with van der Waals surface area (Å²) in [6.07, 6.45) is 2.11. The average molecular weight is 493 g/mol. The lowest BCUT2D eigenvalue weighted by molar-refractivity contribution is -0.116. The minimum atomic E-state index is -0.287. The number of ether oxygens (including phenoxy) is 2. The van der Waals surface area contributed by atoms with Gasteiger partial charge in [-0.05, 0) is 50.6 Å². The average Bonchev–Trinajstić information content (AvgIpc) is 3.17. The number of aryl methyl sites for hydroxylation is 1. The predicted octanol–water partition coefficient (Wildman–Crippen LogP) is 4.46. The summed E-state index contributed by atoms with van der Waals surface area (Å²) >= 11 is 1.34. The maximum absolute atomic E-state index is 13.6. The molecule has 8 nitrogen and oxygen atoms in total. The number of carbonyl (C=O) groups excluding carboxylic acids is 1. The van der Waals surface area contributed by atoms with Crippen molar-refractivity contribution < 1.29 is 14.3 Å². The Morgan fingerprint density at radius 3 is 2.74 bits per heavy atom. The molecule has 0 spiro atoms. The summed E-state index contributed by atoms with van der Waals surface area (Å²) in [5.41, 5.74) is 2.87.